The van der Waals surface area contributed by atoms with E-state index < -0.39 is 0 Å². The molecule has 2 aromatic carbocycles. The molecule has 134 valence electrons. The van der Waals surface area contributed by atoms with E-state index in [1.165, 1.54) is 5.56 Å². The van der Waals surface area contributed by atoms with Crippen molar-refractivity contribution in [2.24, 2.45) is 0 Å². The Kier molecular flexibility index (Phi) is 6.05. The Morgan fingerprint density at radius 1 is 1.08 bits per heavy atom. The maximum Gasteiger partial charge on any atom is 0.123 e. The maximum atomic E-state index is 13.3. The molecule has 1 aliphatic heterocycles. The van der Waals surface area contributed by atoms with Crippen LogP contribution in [0.4, 0.5) is 4.39 Å². The van der Waals surface area contributed by atoms with E-state index in [4.69, 9.17) is 9.47 Å². The van der Waals surface area contributed by atoms with Crippen LogP contribution in [0.15, 0.2) is 48.5 Å². The van der Waals surface area contributed by atoms with Crippen LogP contribution in [-0.2, 0) is 16.7 Å². The lowest BCUT2D eigenvalue weighted by molar-refractivity contribution is 0.0468. The maximum absolute atomic E-state index is 13.3. The highest BCUT2D eigenvalue weighted by Crippen LogP contribution is 2.37. The first-order valence-corrected chi connectivity index (χ1v) is 8.90. The van der Waals surface area contributed by atoms with Gasteiger partial charge in [-0.25, -0.2) is 4.39 Å². The summed E-state index contributed by atoms with van der Waals surface area (Å²) in [4.78, 5) is 0. The van der Waals surface area contributed by atoms with E-state index in [9.17, 15) is 4.39 Å². The van der Waals surface area contributed by atoms with E-state index in [1.807, 2.05) is 30.3 Å². The lowest BCUT2D eigenvalue weighted by Crippen LogP contribution is -2.36. The first-order valence-electron chi connectivity index (χ1n) is 8.90. The molecule has 1 saturated heterocycles. The fourth-order valence-corrected chi connectivity index (χ4v) is 3.65. The van der Waals surface area contributed by atoms with Gasteiger partial charge in [0.1, 0.15) is 11.6 Å². The van der Waals surface area contributed by atoms with Crippen LogP contribution in [-0.4, -0.2) is 26.9 Å². The van der Waals surface area contributed by atoms with Gasteiger partial charge in [0, 0.05) is 30.7 Å². The van der Waals surface area contributed by atoms with Gasteiger partial charge in [0.05, 0.1) is 7.11 Å². The zero-order chi connectivity index (χ0) is 17.5. The van der Waals surface area contributed by atoms with E-state index in [1.54, 1.807) is 19.2 Å². The zero-order valence-corrected chi connectivity index (χ0v) is 14.8. The molecule has 0 amide bonds. The van der Waals surface area contributed by atoms with E-state index in [0.29, 0.717) is 0 Å². The highest BCUT2D eigenvalue weighted by atomic mass is 19.1. The summed E-state index contributed by atoms with van der Waals surface area (Å²) in [6.45, 7) is 3.21. The number of benzene rings is 2. The summed E-state index contributed by atoms with van der Waals surface area (Å²) in [7, 11) is 1.70. The largest absolute Gasteiger partial charge is 0.496 e. The fourth-order valence-electron chi connectivity index (χ4n) is 3.65. The Hall–Kier alpha value is -1.91. The number of nitrogens with one attached hydrogen (secondary N) is 1. The van der Waals surface area contributed by atoms with E-state index in [0.717, 1.165) is 56.9 Å². The topological polar surface area (TPSA) is 30.5 Å². The average molecular weight is 343 g/mol. The molecule has 0 bridgehead atoms. The predicted molar refractivity (Wildman–Crippen MR) is 97.4 cm³/mol. The Balaban J connectivity index is 1.62. The number of halogens is 1. The summed E-state index contributed by atoms with van der Waals surface area (Å²) in [5.74, 6) is 0.731. The molecule has 0 spiro atoms. The third-order valence-corrected chi connectivity index (χ3v) is 5.19. The first kappa shape index (κ1) is 17.9. The number of para-hydroxylation sites is 1. The Morgan fingerprint density at radius 2 is 1.80 bits per heavy atom. The summed E-state index contributed by atoms with van der Waals surface area (Å²) in [5, 5.41) is 3.53. The predicted octanol–water partition coefficient (Wildman–Crippen LogP) is 4.06. The molecule has 0 unspecified atom stereocenters. The summed E-state index contributed by atoms with van der Waals surface area (Å²) in [5.41, 5.74) is 2.45. The minimum absolute atomic E-state index is 0.0692. The second-order valence-corrected chi connectivity index (χ2v) is 6.64. The molecular weight excluding hydrogens is 317 g/mol. The van der Waals surface area contributed by atoms with E-state index in [-0.39, 0.29) is 11.2 Å². The summed E-state index contributed by atoms with van der Waals surface area (Å²) in [6.07, 6.45) is 2.97. The van der Waals surface area contributed by atoms with Crippen molar-refractivity contribution >= 4 is 0 Å². The Morgan fingerprint density at radius 3 is 2.52 bits per heavy atom. The fraction of sp³-hybridized carbons (Fsp3) is 0.429. The van der Waals surface area contributed by atoms with Crippen molar-refractivity contribution in [1.82, 2.24) is 5.32 Å². The molecule has 0 aromatic heterocycles. The molecule has 4 heteroatoms. The molecule has 0 radical (unpaired) electrons. The van der Waals surface area contributed by atoms with Crippen molar-refractivity contribution in [3.8, 4) is 5.75 Å². The van der Waals surface area contributed by atoms with Crippen LogP contribution >= 0.6 is 0 Å². The van der Waals surface area contributed by atoms with Gasteiger partial charge in [-0.1, -0.05) is 30.3 Å². The standard InChI is InChI=1S/C21H26FNO2/c1-24-20-5-3-2-4-17(20)16-23-13-10-21(11-14-25-15-12-21)18-6-8-19(22)9-7-18/h2-9,23H,10-16H2,1H3. The highest BCUT2D eigenvalue weighted by molar-refractivity contribution is 5.33. The quantitative estimate of drug-likeness (QED) is 0.769. The molecule has 1 heterocycles. The van der Waals surface area contributed by atoms with Gasteiger partial charge < -0.3 is 14.8 Å². The minimum atomic E-state index is -0.180. The van der Waals surface area contributed by atoms with Crippen LogP contribution in [0.5, 0.6) is 5.75 Å². The smallest absolute Gasteiger partial charge is 0.123 e. The van der Waals surface area contributed by atoms with Crippen molar-refractivity contribution in [1.29, 1.82) is 0 Å². The minimum Gasteiger partial charge on any atom is -0.496 e. The Bertz CT molecular complexity index is 666. The van der Waals surface area contributed by atoms with Crippen LogP contribution < -0.4 is 10.1 Å². The zero-order valence-electron chi connectivity index (χ0n) is 14.8. The van der Waals surface area contributed by atoms with Gasteiger partial charge in [-0.05, 0) is 49.6 Å². The number of methoxy groups -OCH3 is 1. The normalized spacial score (nSPS) is 16.6. The number of ether oxygens (including phenoxy) is 2. The van der Waals surface area contributed by atoms with Gasteiger partial charge in [0.25, 0.3) is 0 Å². The molecule has 1 aliphatic rings. The van der Waals surface area contributed by atoms with Gasteiger partial charge >= 0.3 is 0 Å². The number of rotatable bonds is 7. The molecule has 0 saturated carbocycles. The van der Waals surface area contributed by atoms with Crippen LogP contribution in [0, 0.1) is 5.82 Å². The third kappa shape index (κ3) is 4.39. The van der Waals surface area contributed by atoms with Crippen molar-refractivity contribution in [3.05, 3.63) is 65.5 Å². The summed E-state index contributed by atoms with van der Waals surface area (Å²) >= 11 is 0. The molecule has 25 heavy (non-hydrogen) atoms. The average Bonchev–Trinajstić information content (AvgIpc) is 2.67. The van der Waals surface area contributed by atoms with Crippen molar-refractivity contribution in [3.63, 3.8) is 0 Å². The van der Waals surface area contributed by atoms with Crippen LogP contribution in [0.3, 0.4) is 0 Å². The van der Waals surface area contributed by atoms with Gasteiger partial charge in [0.2, 0.25) is 0 Å². The van der Waals surface area contributed by atoms with Crippen LogP contribution in [0.25, 0.3) is 0 Å². The second kappa shape index (κ2) is 8.45. The van der Waals surface area contributed by atoms with Crippen molar-refractivity contribution < 1.29 is 13.9 Å². The lowest BCUT2D eigenvalue weighted by Gasteiger charge is -2.38. The molecule has 0 atom stereocenters. The molecule has 1 N–H and O–H groups in total. The van der Waals surface area contributed by atoms with Crippen molar-refractivity contribution in [2.45, 2.75) is 31.2 Å². The first-order chi connectivity index (χ1) is 12.2. The van der Waals surface area contributed by atoms with Crippen LogP contribution in [0.2, 0.25) is 0 Å². The monoisotopic (exact) mass is 343 g/mol. The third-order valence-electron chi connectivity index (χ3n) is 5.19. The SMILES string of the molecule is COc1ccccc1CNCCC1(c2ccc(F)cc2)CCOCC1. The van der Waals surface area contributed by atoms with Gasteiger partial charge in [-0.15, -0.1) is 0 Å². The van der Waals surface area contributed by atoms with Gasteiger partial charge in [-0.2, -0.15) is 0 Å². The van der Waals surface area contributed by atoms with E-state index >= 15 is 0 Å². The highest BCUT2D eigenvalue weighted by Gasteiger charge is 2.33. The Labute approximate surface area is 149 Å². The van der Waals surface area contributed by atoms with Gasteiger partial charge in [-0.3, -0.25) is 0 Å². The number of hydrogen-bond acceptors (Lipinski definition) is 3. The summed E-state index contributed by atoms with van der Waals surface area (Å²) < 4.78 is 24.3. The molecular formula is C21H26FNO2. The van der Waals surface area contributed by atoms with Gasteiger partial charge in [0.15, 0.2) is 0 Å². The van der Waals surface area contributed by atoms with Crippen molar-refractivity contribution in [2.75, 3.05) is 26.9 Å². The summed E-state index contributed by atoms with van der Waals surface area (Å²) in [6, 6.07) is 15.1. The van der Waals surface area contributed by atoms with Crippen LogP contribution in [0.1, 0.15) is 30.4 Å². The molecule has 1 fully saturated rings. The lowest BCUT2D eigenvalue weighted by atomic mass is 9.72. The molecule has 3 rings (SSSR count). The molecule has 2 aromatic rings. The molecule has 3 nitrogen and oxygen atoms in total. The molecule has 0 aliphatic carbocycles. The number of hydrogen-bond donors (Lipinski definition) is 1. The van der Waals surface area contributed by atoms with E-state index in [2.05, 4.69) is 11.4 Å². The second-order valence-electron chi connectivity index (χ2n) is 6.64.